The zero-order valence-corrected chi connectivity index (χ0v) is 12.2. The van der Waals surface area contributed by atoms with Gasteiger partial charge in [0.2, 0.25) is 0 Å². The highest BCUT2D eigenvalue weighted by atomic mass is 79.9. The van der Waals surface area contributed by atoms with Crippen LogP contribution in [0.15, 0.2) is 47.1 Å². The number of benzene rings is 1. The number of aromatic nitrogens is 2. The number of rotatable bonds is 4. The maximum absolute atomic E-state index is 4.08. The van der Waals surface area contributed by atoms with Gasteiger partial charge in [-0.2, -0.15) is 10.2 Å². The third-order valence-electron chi connectivity index (χ3n) is 3.68. The minimum absolute atomic E-state index is 0.596. The summed E-state index contributed by atoms with van der Waals surface area (Å²) in [7, 11) is 0. The third-order valence-corrected chi connectivity index (χ3v) is 4.40. The molecule has 0 amide bonds. The first-order valence-corrected chi connectivity index (χ1v) is 7.36. The van der Waals surface area contributed by atoms with Crippen molar-refractivity contribution < 1.29 is 0 Å². The Morgan fingerprint density at radius 1 is 1.16 bits per heavy atom. The molecule has 0 bridgehead atoms. The molecule has 1 N–H and O–H groups in total. The van der Waals surface area contributed by atoms with Crippen LogP contribution in [-0.2, 0) is 6.54 Å². The second-order valence-electron chi connectivity index (χ2n) is 4.98. The molecule has 0 unspecified atom stereocenters. The maximum Gasteiger partial charge on any atom is 0.0769 e. The molecule has 3 rings (SSSR count). The van der Waals surface area contributed by atoms with Gasteiger partial charge in [0.25, 0.3) is 0 Å². The Bertz CT molecular complexity index is 538. The monoisotopic (exact) mass is 317 g/mol. The first-order chi connectivity index (χ1) is 9.33. The van der Waals surface area contributed by atoms with Crippen LogP contribution in [0.5, 0.6) is 0 Å². The summed E-state index contributed by atoms with van der Waals surface area (Å²) in [6.45, 7) is 0.807. The normalized spacial score (nSPS) is 21.9. The average molecular weight is 318 g/mol. The van der Waals surface area contributed by atoms with E-state index in [1.54, 1.807) is 6.20 Å². The van der Waals surface area contributed by atoms with Crippen LogP contribution in [0.1, 0.15) is 30.0 Å². The van der Waals surface area contributed by atoms with Gasteiger partial charge in [0.1, 0.15) is 0 Å². The van der Waals surface area contributed by atoms with E-state index in [2.05, 4.69) is 55.7 Å². The summed E-state index contributed by atoms with van der Waals surface area (Å²) in [5.41, 5.74) is 2.44. The van der Waals surface area contributed by atoms with Gasteiger partial charge in [-0.15, -0.1) is 0 Å². The highest BCUT2D eigenvalue weighted by Gasteiger charge is 2.30. The Hall–Kier alpha value is -1.26. The second-order valence-corrected chi connectivity index (χ2v) is 5.84. The van der Waals surface area contributed by atoms with Crippen LogP contribution in [0.2, 0.25) is 0 Å². The Balaban J connectivity index is 1.50. The predicted octanol–water partition coefficient (Wildman–Crippen LogP) is 3.27. The van der Waals surface area contributed by atoms with Crippen LogP contribution in [0.4, 0.5) is 0 Å². The summed E-state index contributed by atoms with van der Waals surface area (Å²) in [5.74, 6) is 0.676. The Morgan fingerprint density at radius 3 is 2.74 bits per heavy atom. The van der Waals surface area contributed by atoms with Crippen LogP contribution < -0.4 is 5.32 Å². The highest BCUT2D eigenvalue weighted by molar-refractivity contribution is 9.10. The van der Waals surface area contributed by atoms with Crippen molar-refractivity contribution in [3.05, 3.63) is 58.3 Å². The van der Waals surface area contributed by atoms with Gasteiger partial charge in [-0.1, -0.05) is 34.1 Å². The van der Waals surface area contributed by atoms with Crippen LogP contribution >= 0.6 is 15.9 Å². The van der Waals surface area contributed by atoms with Gasteiger partial charge in [0, 0.05) is 23.3 Å². The van der Waals surface area contributed by atoms with Crippen molar-refractivity contribution in [2.45, 2.75) is 31.3 Å². The molecule has 19 heavy (non-hydrogen) atoms. The minimum atomic E-state index is 0.596. The molecular weight excluding hydrogens is 302 g/mol. The van der Waals surface area contributed by atoms with E-state index in [0.717, 1.165) is 12.2 Å². The molecule has 1 aromatic carbocycles. The molecule has 0 spiro atoms. The van der Waals surface area contributed by atoms with Crippen molar-refractivity contribution in [2.24, 2.45) is 0 Å². The first-order valence-electron chi connectivity index (χ1n) is 6.57. The van der Waals surface area contributed by atoms with E-state index < -0.39 is 0 Å². The zero-order chi connectivity index (χ0) is 13.1. The van der Waals surface area contributed by atoms with E-state index in [1.807, 2.05) is 12.1 Å². The average Bonchev–Trinajstić information content (AvgIpc) is 2.40. The first kappa shape index (κ1) is 12.8. The molecular formula is C15H16BrN3. The number of halogens is 1. The second kappa shape index (κ2) is 5.80. The van der Waals surface area contributed by atoms with E-state index in [1.165, 1.54) is 22.9 Å². The summed E-state index contributed by atoms with van der Waals surface area (Å²) in [6.07, 6.45) is 4.10. The molecule has 4 heteroatoms. The molecule has 2 aromatic rings. The van der Waals surface area contributed by atoms with E-state index in [0.29, 0.717) is 12.0 Å². The fourth-order valence-corrected chi connectivity index (χ4v) is 3.13. The van der Waals surface area contributed by atoms with E-state index in [-0.39, 0.29) is 0 Å². The number of nitrogens with zero attached hydrogens (tertiary/aromatic N) is 2. The summed E-state index contributed by atoms with van der Waals surface area (Å²) in [6, 6.07) is 13.0. The Kier molecular flexibility index (Phi) is 3.89. The van der Waals surface area contributed by atoms with Gasteiger partial charge >= 0.3 is 0 Å². The van der Waals surface area contributed by atoms with Crippen LogP contribution in [-0.4, -0.2) is 16.2 Å². The lowest BCUT2D eigenvalue weighted by molar-refractivity contribution is 0.287. The van der Waals surface area contributed by atoms with Crippen LogP contribution in [0.25, 0.3) is 0 Å². The standard InChI is InChI=1S/C15H16BrN3/c16-15-6-2-1-5-14(15)11-8-13(9-11)17-10-12-4-3-7-18-19-12/h1-7,11,13,17H,8-10H2. The molecule has 1 aromatic heterocycles. The minimum Gasteiger partial charge on any atom is -0.308 e. The maximum atomic E-state index is 4.08. The van der Waals surface area contributed by atoms with Gasteiger partial charge in [0.05, 0.1) is 5.69 Å². The SMILES string of the molecule is Brc1ccccc1C1CC(NCc2cccnn2)C1. The van der Waals surface area contributed by atoms with E-state index in [4.69, 9.17) is 0 Å². The smallest absolute Gasteiger partial charge is 0.0769 e. The van der Waals surface area contributed by atoms with Crippen molar-refractivity contribution in [1.29, 1.82) is 0 Å². The molecule has 1 aliphatic carbocycles. The van der Waals surface area contributed by atoms with Crippen molar-refractivity contribution in [3.8, 4) is 0 Å². The Labute approximate surface area is 121 Å². The van der Waals surface area contributed by atoms with Gasteiger partial charge < -0.3 is 5.32 Å². The summed E-state index contributed by atoms with van der Waals surface area (Å²) in [5, 5.41) is 11.5. The molecule has 1 aliphatic rings. The van der Waals surface area contributed by atoms with Crippen LogP contribution in [0, 0.1) is 0 Å². The summed E-state index contributed by atoms with van der Waals surface area (Å²) in [4.78, 5) is 0. The highest BCUT2D eigenvalue weighted by Crippen LogP contribution is 2.39. The quantitative estimate of drug-likeness (QED) is 0.940. The fourth-order valence-electron chi connectivity index (χ4n) is 2.52. The van der Waals surface area contributed by atoms with Crippen molar-refractivity contribution in [1.82, 2.24) is 15.5 Å². The van der Waals surface area contributed by atoms with Gasteiger partial charge in [-0.05, 0) is 42.5 Å². The third kappa shape index (κ3) is 3.01. The summed E-state index contributed by atoms with van der Waals surface area (Å²) >= 11 is 3.63. The molecule has 1 heterocycles. The predicted molar refractivity (Wildman–Crippen MR) is 78.8 cm³/mol. The van der Waals surface area contributed by atoms with E-state index >= 15 is 0 Å². The largest absolute Gasteiger partial charge is 0.308 e. The summed E-state index contributed by atoms with van der Waals surface area (Å²) < 4.78 is 1.23. The zero-order valence-electron chi connectivity index (χ0n) is 10.6. The topological polar surface area (TPSA) is 37.8 Å². The Morgan fingerprint density at radius 2 is 2.00 bits per heavy atom. The van der Waals surface area contributed by atoms with Crippen molar-refractivity contribution in [3.63, 3.8) is 0 Å². The molecule has 98 valence electrons. The number of hydrogen-bond acceptors (Lipinski definition) is 3. The fraction of sp³-hybridized carbons (Fsp3) is 0.333. The number of nitrogens with one attached hydrogen (secondary N) is 1. The molecule has 3 nitrogen and oxygen atoms in total. The van der Waals surface area contributed by atoms with Crippen molar-refractivity contribution >= 4 is 15.9 Å². The molecule has 1 fully saturated rings. The van der Waals surface area contributed by atoms with Gasteiger partial charge in [-0.25, -0.2) is 0 Å². The van der Waals surface area contributed by atoms with E-state index in [9.17, 15) is 0 Å². The lowest BCUT2D eigenvalue weighted by Crippen LogP contribution is -2.39. The van der Waals surface area contributed by atoms with Gasteiger partial charge in [0.15, 0.2) is 0 Å². The molecule has 0 radical (unpaired) electrons. The lowest BCUT2D eigenvalue weighted by Gasteiger charge is -2.36. The molecule has 1 saturated carbocycles. The number of hydrogen-bond donors (Lipinski definition) is 1. The van der Waals surface area contributed by atoms with Gasteiger partial charge in [-0.3, -0.25) is 0 Å². The molecule has 0 aliphatic heterocycles. The lowest BCUT2D eigenvalue weighted by atomic mass is 9.76. The van der Waals surface area contributed by atoms with Crippen molar-refractivity contribution in [2.75, 3.05) is 0 Å². The van der Waals surface area contributed by atoms with Crippen LogP contribution in [0.3, 0.4) is 0 Å². The molecule has 0 saturated heterocycles. The molecule has 0 atom stereocenters.